The lowest BCUT2D eigenvalue weighted by atomic mass is 9.92. The first-order valence-electron chi connectivity index (χ1n) is 11.0. The molecule has 0 aliphatic carbocycles. The zero-order valence-corrected chi connectivity index (χ0v) is 19.0. The maximum absolute atomic E-state index is 13.5. The third-order valence-electron chi connectivity index (χ3n) is 6.90. The van der Waals surface area contributed by atoms with Gasteiger partial charge in [-0.15, -0.1) is 0 Å². The van der Waals surface area contributed by atoms with Crippen LogP contribution in [0.1, 0.15) is 30.9 Å². The molecule has 0 amide bonds. The fourth-order valence-corrected chi connectivity index (χ4v) is 4.82. The zero-order chi connectivity index (χ0) is 20.5. The zero-order valence-electron chi connectivity index (χ0n) is 18.0. The highest BCUT2D eigenvalue weighted by Gasteiger charge is 2.29. The molecular weight excluding hydrogens is 407 g/mol. The molecule has 31 heavy (non-hydrogen) atoms. The summed E-state index contributed by atoms with van der Waals surface area (Å²) in [7, 11) is 2.23. The fourth-order valence-electron chi connectivity index (χ4n) is 4.82. The van der Waals surface area contributed by atoms with Crippen molar-refractivity contribution in [2.75, 3.05) is 33.2 Å². The Hall–Kier alpha value is -2.15. The molecule has 0 radical (unpaired) electrons. The highest BCUT2D eigenvalue weighted by Crippen LogP contribution is 2.37. The summed E-state index contributed by atoms with van der Waals surface area (Å²) in [4.78, 5) is 13.0. The molecule has 6 heteroatoms. The number of halogens is 1. The van der Waals surface area contributed by atoms with Gasteiger partial charge in [-0.2, -0.15) is 13.5 Å². The molecule has 4 nitrogen and oxygen atoms in total. The molecule has 5 rings (SSSR count). The van der Waals surface area contributed by atoms with Crippen molar-refractivity contribution in [3.63, 3.8) is 0 Å². The van der Waals surface area contributed by atoms with Gasteiger partial charge in [-0.1, -0.05) is 0 Å². The second kappa shape index (κ2) is 9.55. The van der Waals surface area contributed by atoms with Gasteiger partial charge in [0.1, 0.15) is 5.82 Å². The number of nitrogens with one attached hydrogen (secondary N) is 1. The average Bonchev–Trinajstić information content (AvgIpc) is 3.23. The number of likely N-dealkylation sites (tertiary alicyclic amines) is 2. The molecule has 1 atom stereocenters. The van der Waals surface area contributed by atoms with Crippen molar-refractivity contribution in [2.24, 2.45) is 0 Å². The molecule has 2 aromatic heterocycles. The molecule has 0 unspecified atom stereocenters. The highest BCUT2D eigenvalue weighted by atomic mass is 32.1. The van der Waals surface area contributed by atoms with Crippen LogP contribution in [-0.4, -0.2) is 59.0 Å². The molecule has 2 saturated heterocycles. The molecule has 3 aromatic rings. The first-order valence-corrected chi connectivity index (χ1v) is 11.0. The predicted octanol–water partition coefficient (Wildman–Crippen LogP) is 4.88. The van der Waals surface area contributed by atoms with Crippen LogP contribution in [0.3, 0.4) is 0 Å². The lowest BCUT2D eigenvalue weighted by Gasteiger charge is -2.42. The largest absolute Gasteiger partial charge is 0.358 e. The summed E-state index contributed by atoms with van der Waals surface area (Å²) in [6.07, 6.45) is 7.34. The van der Waals surface area contributed by atoms with E-state index in [4.69, 9.17) is 0 Å². The number of H-pyrrole nitrogens is 1. The van der Waals surface area contributed by atoms with Crippen molar-refractivity contribution >= 4 is 13.5 Å². The van der Waals surface area contributed by atoms with E-state index in [1.54, 1.807) is 0 Å². The van der Waals surface area contributed by atoms with Gasteiger partial charge in [-0.3, -0.25) is 4.98 Å². The van der Waals surface area contributed by atoms with E-state index < -0.39 is 0 Å². The van der Waals surface area contributed by atoms with Gasteiger partial charge < -0.3 is 14.8 Å². The standard InChI is InChI=1S/C25H29FN4.H2S/c1-29-13-10-22(29)17-30-14-8-19(9-15-30)24-16-23(18-6-11-27-12-7-18)25(28-24)20-2-4-21(26)5-3-20;/h2-7,11-12,16,19,22,28H,8-10,13-15,17H2,1H3;1H2/t22-;/m0./s1. The summed E-state index contributed by atoms with van der Waals surface area (Å²) in [5, 5.41) is 0. The summed E-state index contributed by atoms with van der Waals surface area (Å²) >= 11 is 0. The Labute approximate surface area is 190 Å². The molecule has 2 aliphatic heterocycles. The van der Waals surface area contributed by atoms with Crippen molar-refractivity contribution in [1.29, 1.82) is 0 Å². The van der Waals surface area contributed by atoms with E-state index >= 15 is 0 Å². The van der Waals surface area contributed by atoms with E-state index in [2.05, 4.69) is 32.9 Å². The maximum Gasteiger partial charge on any atom is 0.123 e. The van der Waals surface area contributed by atoms with Gasteiger partial charge in [0.05, 0.1) is 5.69 Å². The third kappa shape index (κ3) is 4.71. The molecule has 0 bridgehead atoms. The Morgan fingerprint density at radius 1 is 0.968 bits per heavy atom. The van der Waals surface area contributed by atoms with Crippen LogP contribution in [-0.2, 0) is 0 Å². The monoisotopic (exact) mass is 438 g/mol. The molecule has 2 fully saturated rings. The Morgan fingerprint density at radius 3 is 2.29 bits per heavy atom. The van der Waals surface area contributed by atoms with E-state index in [-0.39, 0.29) is 19.3 Å². The van der Waals surface area contributed by atoms with Gasteiger partial charge in [0, 0.05) is 42.2 Å². The van der Waals surface area contributed by atoms with E-state index in [9.17, 15) is 4.39 Å². The van der Waals surface area contributed by atoms with Crippen molar-refractivity contribution in [2.45, 2.75) is 31.2 Å². The molecule has 4 heterocycles. The number of likely N-dealkylation sites (N-methyl/N-ethyl adjacent to an activating group) is 1. The van der Waals surface area contributed by atoms with Gasteiger partial charge in [0.15, 0.2) is 0 Å². The first-order chi connectivity index (χ1) is 14.7. The fraction of sp³-hybridized carbons (Fsp3) is 0.400. The highest BCUT2D eigenvalue weighted by molar-refractivity contribution is 7.59. The molecule has 1 aromatic carbocycles. The summed E-state index contributed by atoms with van der Waals surface area (Å²) in [6.45, 7) is 4.76. The Balaban J connectivity index is 0.00000231. The molecule has 2 aliphatic rings. The van der Waals surface area contributed by atoms with Gasteiger partial charge in [-0.25, -0.2) is 4.39 Å². The lowest BCUT2D eigenvalue weighted by Crippen LogP contribution is -2.52. The normalized spacial score (nSPS) is 20.3. The van der Waals surface area contributed by atoms with E-state index in [0.717, 1.165) is 41.5 Å². The van der Waals surface area contributed by atoms with Crippen LogP contribution >= 0.6 is 13.5 Å². The topological polar surface area (TPSA) is 35.2 Å². The summed E-state index contributed by atoms with van der Waals surface area (Å²) in [6, 6.07) is 13.9. The van der Waals surface area contributed by atoms with E-state index in [1.807, 2.05) is 36.7 Å². The summed E-state index contributed by atoms with van der Waals surface area (Å²) < 4.78 is 13.5. The van der Waals surface area contributed by atoms with Gasteiger partial charge in [0.2, 0.25) is 0 Å². The number of pyridine rings is 1. The maximum atomic E-state index is 13.5. The molecule has 0 spiro atoms. The minimum Gasteiger partial charge on any atom is -0.358 e. The van der Waals surface area contributed by atoms with Crippen LogP contribution < -0.4 is 0 Å². The van der Waals surface area contributed by atoms with E-state index in [1.165, 1.54) is 50.2 Å². The first kappa shape index (κ1) is 22.1. The second-order valence-corrected chi connectivity index (χ2v) is 8.75. The number of hydrogen-bond donors (Lipinski definition) is 1. The van der Waals surface area contributed by atoms with Crippen molar-refractivity contribution in [1.82, 2.24) is 19.8 Å². The van der Waals surface area contributed by atoms with Gasteiger partial charge in [-0.05, 0) is 99.5 Å². The molecular formula is C25H31FN4S. The molecule has 164 valence electrons. The van der Waals surface area contributed by atoms with Crippen LogP contribution in [0.25, 0.3) is 22.4 Å². The quantitative estimate of drug-likeness (QED) is 0.617. The number of hydrogen-bond acceptors (Lipinski definition) is 3. The van der Waals surface area contributed by atoms with Crippen LogP contribution in [0, 0.1) is 5.82 Å². The lowest BCUT2D eigenvalue weighted by molar-refractivity contribution is 0.0717. The Morgan fingerprint density at radius 2 is 1.68 bits per heavy atom. The van der Waals surface area contributed by atoms with Crippen LogP contribution in [0.4, 0.5) is 4.39 Å². The van der Waals surface area contributed by atoms with Crippen molar-refractivity contribution < 1.29 is 4.39 Å². The number of aromatic nitrogens is 2. The number of aromatic amines is 1. The van der Waals surface area contributed by atoms with Crippen LogP contribution in [0.15, 0.2) is 54.9 Å². The van der Waals surface area contributed by atoms with E-state index in [0.29, 0.717) is 5.92 Å². The van der Waals surface area contributed by atoms with Crippen LogP contribution in [0.5, 0.6) is 0 Å². The summed E-state index contributed by atoms with van der Waals surface area (Å²) in [5.41, 5.74) is 5.67. The number of nitrogens with zero attached hydrogens (tertiary/aromatic N) is 3. The van der Waals surface area contributed by atoms with Crippen LogP contribution in [0.2, 0.25) is 0 Å². The van der Waals surface area contributed by atoms with Crippen molar-refractivity contribution in [3.05, 3.63) is 66.4 Å². The number of rotatable bonds is 5. The SMILES string of the molecule is CN1CC[C@H]1CN1CCC(c2cc(-c3ccncc3)c(-c3ccc(F)cc3)[nH]2)CC1.S. The minimum absolute atomic E-state index is 0. The predicted molar refractivity (Wildman–Crippen MR) is 129 cm³/mol. The number of piperidine rings is 1. The average molecular weight is 439 g/mol. The molecule has 1 N–H and O–H groups in total. The Bertz CT molecular complexity index is 981. The summed E-state index contributed by atoms with van der Waals surface area (Å²) in [5.74, 6) is 0.329. The van der Waals surface area contributed by atoms with Gasteiger partial charge in [0.25, 0.3) is 0 Å². The van der Waals surface area contributed by atoms with Crippen molar-refractivity contribution in [3.8, 4) is 22.4 Å². The molecule has 0 saturated carbocycles. The third-order valence-corrected chi connectivity index (χ3v) is 6.90. The van der Waals surface area contributed by atoms with Gasteiger partial charge >= 0.3 is 0 Å². The Kier molecular flexibility index (Phi) is 6.80. The smallest absolute Gasteiger partial charge is 0.123 e. The number of benzene rings is 1. The second-order valence-electron chi connectivity index (χ2n) is 8.75. The minimum atomic E-state index is -0.208.